The lowest BCUT2D eigenvalue weighted by Gasteiger charge is -2.28. The molecule has 4 heterocycles. The number of nitrogens with zero attached hydrogens (tertiary/aromatic N) is 5. The average molecular weight is 1110 g/mol. The molecule has 25 heteroatoms. The van der Waals surface area contributed by atoms with Crippen LogP contribution in [0.3, 0.4) is 0 Å². The van der Waals surface area contributed by atoms with Crippen molar-refractivity contribution >= 4 is 53.0 Å². The maximum Gasteiger partial charge on any atom is 0.328 e. The molecule has 2 fully saturated rings. The van der Waals surface area contributed by atoms with E-state index in [1.54, 1.807) is 23.4 Å². The molecule has 3 aliphatic heterocycles. The Labute approximate surface area is 459 Å². The number of cyclic esters (lactones) is 1. The number of imide groups is 1. The van der Waals surface area contributed by atoms with Gasteiger partial charge in [-0.15, -0.1) is 5.10 Å². The number of amides is 7. The number of likely N-dealkylation sites (tertiary alicyclic amines) is 1. The first kappa shape index (κ1) is 61.5. The Morgan fingerprint density at radius 2 is 1.19 bits per heavy atom. The van der Waals surface area contributed by atoms with Crippen LogP contribution in [-0.2, 0) is 89.3 Å². The summed E-state index contributed by atoms with van der Waals surface area (Å²) in [7, 11) is 0. The fraction of sp³-hybridized carbons (Fsp3) is 0.593. The highest BCUT2D eigenvalue weighted by Gasteiger charge is 2.35. The van der Waals surface area contributed by atoms with Gasteiger partial charge in [0, 0.05) is 81.2 Å². The second-order valence-corrected chi connectivity index (χ2v) is 18.9. The van der Waals surface area contributed by atoms with Gasteiger partial charge in [-0.05, 0) is 18.6 Å². The molecule has 0 spiro atoms. The summed E-state index contributed by atoms with van der Waals surface area (Å²) in [5.74, 6) is -2.30. The minimum absolute atomic E-state index is 0.0433. The highest BCUT2D eigenvalue weighted by Crippen LogP contribution is 2.41. The van der Waals surface area contributed by atoms with Crippen molar-refractivity contribution in [3.8, 4) is 22.5 Å². The molecule has 3 aromatic rings. The molecule has 0 bridgehead atoms. The molecule has 4 N–H and O–H groups in total. The van der Waals surface area contributed by atoms with Crippen molar-refractivity contribution in [3.63, 3.8) is 0 Å². The molecule has 3 aliphatic rings. The minimum atomic E-state index is -0.630. The minimum Gasteiger partial charge on any atom is -0.464 e. The smallest absolute Gasteiger partial charge is 0.328 e. The number of anilines is 1. The first-order valence-electron chi connectivity index (χ1n) is 27.0. The van der Waals surface area contributed by atoms with Gasteiger partial charge in [-0.1, -0.05) is 54.6 Å². The van der Waals surface area contributed by atoms with Gasteiger partial charge in [-0.25, -0.2) is 9.48 Å². The topological polar surface area (TPSA) is 296 Å². The van der Waals surface area contributed by atoms with E-state index in [0.29, 0.717) is 90.3 Å². The van der Waals surface area contributed by atoms with Gasteiger partial charge in [0.2, 0.25) is 41.4 Å². The number of aromatic nitrogens is 3. The van der Waals surface area contributed by atoms with E-state index in [1.165, 1.54) is 4.90 Å². The van der Waals surface area contributed by atoms with Gasteiger partial charge in [0.1, 0.15) is 11.7 Å². The summed E-state index contributed by atoms with van der Waals surface area (Å²) in [5.41, 5.74) is 4.61. The number of nitrogens with one attached hydrogen (secondary N) is 4. The number of para-hydroxylation sites is 1. The SMILES string of the molecule is CC1CC(=O)N(CCNC(=O)CCOCCOCCOCCC(=O)NCCn2nnc3c2-c2ccccc2CN(C(=O)CCOCCOCCOCCOCCC(=O)N[C@H](C)CC(=O)N[C@H]2CCOC2=O)c2ccccc2-3)C1=O. The van der Waals surface area contributed by atoms with Crippen molar-refractivity contribution in [1.29, 1.82) is 0 Å². The number of esters is 1. The predicted molar refractivity (Wildman–Crippen MR) is 283 cm³/mol. The molecule has 1 aromatic heterocycles. The van der Waals surface area contributed by atoms with Crippen LogP contribution in [0, 0.1) is 5.92 Å². The van der Waals surface area contributed by atoms with E-state index in [-0.39, 0.29) is 145 Å². The summed E-state index contributed by atoms with van der Waals surface area (Å²) >= 11 is 0. The molecule has 432 valence electrons. The Morgan fingerprint density at radius 1 is 0.658 bits per heavy atom. The molecule has 7 amide bonds. The summed E-state index contributed by atoms with van der Waals surface area (Å²) in [6.45, 7) is 8.89. The number of carbonyl (C=O) groups excluding carboxylic acids is 8. The molecule has 3 atom stereocenters. The van der Waals surface area contributed by atoms with Gasteiger partial charge in [-0.2, -0.15) is 0 Å². The maximum absolute atomic E-state index is 13.9. The van der Waals surface area contributed by atoms with Crippen LogP contribution >= 0.6 is 0 Å². The Kier molecular flexibility index (Phi) is 26.2. The number of ether oxygens (including phenoxy) is 8. The van der Waals surface area contributed by atoms with Crippen molar-refractivity contribution in [2.75, 3.05) is 124 Å². The van der Waals surface area contributed by atoms with E-state index in [2.05, 4.69) is 31.6 Å². The largest absolute Gasteiger partial charge is 0.464 e. The molecular formula is C54H75N9O16. The second-order valence-electron chi connectivity index (χ2n) is 18.9. The molecule has 0 saturated carbocycles. The zero-order chi connectivity index (χ0) is 56.2. The molecule has 6 rings (SSSR count). The van der Waals surface area contributed by atoms with Crippen LogP contribution in [-0.4, -0.2) is 198 Å². The van der Waals surface area contributed by atoms with Gasteiger partial charge >= 0.3 is 5.97 Å². The Bertz CT molecular complexity index is 2490. The standard InChI is InChI=1S/C54H75N9O16/c1-38-35-50(69)61(53(38)70)18-16-55-45(64)12-20-72-25-29-76-30-26-73-21-13-46(65)56-17-19-63-52-41-8-4-3-7-40(41)37-62(44-10-6-5-9-42(44)51(52)59-60-63)49(68)15-23-75-28-32-78-34-33-77-31-27-74-22-14-47(66)57-39(2)36-48(67)58-43-11-24-79-54(43)71/h3-10,38-39,43H,11-37H2,1-2H3,(H,55,64)(H,56,65)(H,57,66)(H,58,67)/t38?,39-,43+/m1/s1. The first-order chi connectivity index (χ1) is 38.4. The van der Waals surface area contributed by atoms with E-state index < -0.39 is 18.1 Å². The van der Waals surface area contributed by atoms with Gasteiger partial charge in [0.05, 0.1) is 130 Å². The third-order valence-electron chi connectivity index (χ3n) is 12.8. The maximum atomic E-state index is 13.9. The quantitative estimate of drug-likeness (QED) is 0.0357. The lowest BCUT2D eigenvalue weighted by Crippen LogP contribution is -2.42. The number of rotatable bonds is 37. The Morgan fingerprint density at radius 3 is 1.76 bits per heavy atom. The van der Waals surface area contributed by atoms with E-state index in [9.17, 15) is 38.4 Å². The van der Waals surface area contributed by atoms with E-state index in [0.717, 1.165) is 22.4 Å². The number of fused-ring (bicyclic) bond motifs is 5. The van der Waals surface area contributed by atoms with Gasteiger partial charge in [0.15, 0.2) is 0 Å². The fourth-order valence-electron chi connectivity index (χ4n) is 8.71. The molecule has 0 radical (unpaired) electrons. The molecule has 2 aromatic carbocycles. The van der Waals surface area contributed by atoms with Crippen molar-refractivity contribution in [3.05, 3.63) is 54.1 Å². The van der Waals surface area contributed by atoms with Crippen LogP contribution in [0.15, 0.2) is 48.5 Å². The Hall–Kier alpha value is -6.74. The van der Waals surface area contributed by atoms with Gasteiger partial charge in [0.25, 0.3) is 0 Å². The average Bonchev–Trinajstić information content (AvgIpc) is 4.33. The summed E-state index contributed by atoms with van der Waals surface area (Å²) in [5, 5.41) is 20.1. The molecule has 1 unspecified atom stereocenters. The second kappa shape index (κ2) is 33.6. The van der Waals surface area contributed by atoms with Crippen molar-refractivity contribution in [1.82, 2.24) is 41.2 Å². The van der Waals surface area contributed by atoms with Crippen LogP contribution < -0.4 is 26.2 Å². The molecule has 79 heavy (non-hydrogen) atoms. The normalized spacial score (nSPS) is 16.1. The van der Waals surface area contributed by atoms with Crippen molar-refractivity contribution in [2.24, 2.45) is 5.92 Å². The third-order valence-corrected chi connectivity index (χ3v) is 12.8. The van der Waals surface area contributed by atoms with Gasteiger partial charge in [-0.3, -0.25) is 38.5 Å². The number of carbonyl (C=O) groups is 8. The zero-order valence-corrected chi connectivity index (χ0v) is 45.2. The van der Waals surface area contributed by atoms with E-state index in [4.69, 9.17) is 37.9 Å². The fourth-order valence-corrected chi connectivity index (χ4v) is 8.71. The van der Waals surface area contributed by atoms with E-state index >= 15 is 0 Å². The lowest BCUT2D eigenvalue weighted by molar-refractivity contribution is -0.141. The summed E-state index contributed by atoms with van der Waals surface area (Å²) in [4.78, 5) is 101. The highest BCUT2D eigenvalue weighted by atomic mass is 16.6. The summed E-state index contributed by atoms with van der Waals surface area (Å²) in [6, 6.07) is 14.4. The molecular weight excluding hydrogens is 1030 g/mol. The predicted octanol–water partition coefficient (Wildman–Crippen LogP) is 1.09. The highest BCUT2D eigenvalue weighted by molar-refractivity contribution is 6.03. The number of benzene rings is 2. The summed E-state index contributed by atoms with van der Waals surface area (Å²) < 4.78 is 45.6. The first-order valence-corrected chi connectivity index (χ1v) is 27.0. The van der Waals surface area contributed by atoms with Crippen LogP contribution in [0.4, 0.5) is 5.69 Å². The van der Waals surface area contributed by atoms with Gasteiger partial charge < -0.3 is 64.1 Å². The van der Waals surface area contributed by atoms with Crippen molar-refractivity contribution in [2.45, 2.75) is 84.0 Å². The monoisotopic (exact) mass is 1110 g/mol. The number of hydrogen-bond acceptors (Lipinski definition) is 18. The van der Waals surface area contributed by atoms with Crippen LogP contribution in [0.25, 0.3) is 22.5 Å². The van der Waals surface area contributed by atoms with Crippen LogP contribution in [0.5, 0.6) is 0 Å². The zero-order valence-electron chi connectivity index (χ0n) is 45.2. The van der Waals surface area contributed by atoms with Crippen molar-refractivity contribution < 1.29 is 76.3 Å². The molecule has 25 nitrogen and oxygen atoms in total. The summed E-state index contributed by atoms with van der Waals surface area (Å²) in [6.07, 6.45) is 1.24. The van der Waals surface area contributed by atoms with Crippen LogP contribution in [0.1, 0.15) is 64.4 Å². The van der Waals surface area contributed by atoms with Crippen LogP contribution in [0.2, 0.25) is 0 Å². The lowest BCUT2D eigenvalue weighted by atomic mass is 9.95. The third kappa shape index (κ3) is 20.5. The molecule has 2 saturated heterocycles. The van der Waals surface area contributed by atoms with E-state index in [1.807, 2.05) is 48.5 Å². The molecule has 0 aliphatic carbocycles. The Balaban J connectivity index is 0.793. The number of hydrogen-bond donors (Lipinski definition) is 4.